The Morgan fingerprint density at radius 1 is 1.21 bits per heavy atom. The van der Waals surface area contributed by atoms with Gasteiger partial charge in [-0.25, -0.2) is 9.48 Å². The van der Waals surface area contributed by atoms with Crippen LogP contribution in [0.4, 0.5) is 10.5 Å². The molecule has 10 heteroatoms. The van der Waals surface area contributed by atoms with E-state index in [1.807, 2.05) is 30.5 Å². The lowest BCUT2D eigenvalue weighted by Crippen LogP contribution is -2.52. The molecule has 1 saturated heterocycles. The molecule has 1 fully saturated rings. The van der Waals surface area contributed by atoms with E-state index in [1.165, 1.54) is 0 Å². The van der Waals surface area contributed by atoms with Crippen molar-refractivity contribution in [2.75, 3.05) is 25.0 Å². The highest BCUT2D eigenvalue weighted by Gasteiger charge is 2.32. The van der Waals surface area contributed by atoms with Crippen molar-refractivity contribution in [1.29, 1.82) is 0 Å². The molecule has 1 aromatic carbocycles. The average Bonchev–Trinajstić information content (AvgIpc) is 3.35. The number of benzene rings is 1. The molecule has 0 unspecified atom stereocenters. The Morgan fingerprint density at radius 3 is 2.69 bits per heavy atom. The fourth-order valence-electron chi connectivity index (χ4n) is 2.99. The first kappa shape index (κ1) is 18.9. The number of aromatic nitrogens is 6. The zero-order valence-corrected chi connectivity index (χ0v) is 16.3. The van der Waals surface area contributed by atoms with Crippen LogP contribution in [0.15, 0.2) is 42.9 Å². The van der Waals surface area contributed by atoms with Crippen LogP contribution < -0.4 is 10.1 Å². The fraction of sp³-hybridized carbons (Fsp3) is 0.421. The van der Waals surface area contributed by atoms with Gasteiger partial charge < -0.3 is 15.0 Å². The third-order valence-corrected chi connectivity index (χ3v) is 4.72. The summed E-state index contributed by atoms with van der Waals surface area (Å²) in [5, 5.41) is 19.3. The van der Waals surface area contributed by atoms with Crippen LogP contribution >= 0.6 is 0 Å². The first-order valence-corrected chi connectivity index (χ1v) is 9.75. The van der Waals surface area contributed by atoms with Gasteiger partial charge in [0.15, 0.2) is 0 Å². The summed E-state index contributed by atoms with van der Waals surface area (Å²) in [6.45, 7) is 4.49. The van der Waals surface area contributed by atoms with Gasteiger partial charge in [0.05, 0.1) is 31.2 Å². The van der Waals surface area contributed by atoms with E-state index in [0.717, 1.165) is 30.0 Å². The van der Waals surface area contributed by atoms with Crippen LogP contribution in [0.1, 0.15) is 31.5 Å². The maximum absolute atomic E-state index is 12.4. The van der Waals surface area contributed by atoms with Gasteiger partial charge in [0.25, 0.3) is 0 Å². The molecular formula is C19H24N8O2. The molecule has 10 nitrogen and oxygen atoms in total. The summed E-state index contributed by atoms with van der Waals surface area (Å²) >= 11 is 0. The number of likely N-dealkylation sites (tertiary alicyclic amines) is 1. The lowest BCUT2D eigenvalue weighted by molar-refractivity contribution is 0.127. The second-order valence-electron chi connectivity index (χ2n) is 6.96. The molecule has 0 atom stereocenters. The molecule has 1 aliphatic heterocycles. The predicted octanol–water partition coefficient (Wildman–Crippen LogP) is 2.19. The molecule has 3 heterocycles. The molecule has 1 N–H and O–H groups in total. The number of anilines is 1. The first-order valence-electron chi connectivity index (χ1n) is 9.75. The number of nitrogens with zero attached hydrogens (tertiary/aromatic N) is 7. The predicted molar refractivity (Wildman–Crippen MR) is 106 cm³/mol. The second-order valence-corrected chi connectivity index (χ2v) is 6.96. The third-order valence-electron chi connectivity index (χ3n) is 4.72. The summed E-state index contributed by atoms with van der Waals surface area (Å²) in [6.07, 6.45) is 7.25. The number of rotatable bonds is 8. The van der Waals surface area contributed by atoms with E-state index in [9.17, 15) is 4.79 Å². The molecule has 2 amide bonds. The van der Waals surface area contributed by atoms with Crippen LogP contribution in [0, 0.1) is 0 Å². The lowest BCUT2D eigenvalue weighted by Gasteiger charge is -2.38. The first-order chi connectivity index (χ1) is 14.2. The van der Waals surface area contributed by atoms with E-state index < -0.39 is 0 Å². The summed E-state index contributed by atoms with van der Waals surface area (Å²) in [6, 6.07) is 7.45. The summed E-state index contributed by atoms with van der Waals surface area (Å²) in [7, 11) is 0. The highest BCUT2D eigenvalue weighted by atomic mass is 16.5. The van der Waals surface area contributed by atoms with Crippen molar-refractivity contribution in [3.05, 3.63) is 48.5 Å². The van der Waals surface area contributed by atoms with Gasteiger partial charge in [-0.05, 0) is 30.7 Å². The SMILES string of the molecule is CCCCOc1ccc(NC(=O)N2CC(n3cc(Cn4nccn4)nn3)C2)cc1. The van der Waals surface area contributed by atoms with Crippen molar-refractivity contribution >= 4 is 11.7 Å². The van der Waals surface area contributed by atoms with E-state index >= 15 is 0 Å². The highest BCUT2D eigenvalue weighted by Crippen LogP contribution is 2.22. The van der Waals surface area contributed by atoms with Gasteiger partial charge in [0, 0.05) is 18.8 Å². The molecule has 4 rings (SSSR count). The van der Waals surface area contributed by atoms with Crippen molar-refractivity contribution in [3.8, 4) is 5.75 Å². The molecule has 0 saturated carbocycles. The minimum Gasteiger partial charge on any atom is -0.494 e. The Hall–Kier alpha value is -3.43. The van der Waals surface area contributed by atoms with Gasteiger partial charge in [0.2, 0.25) is 0 Å². The molecule has 0 radical (unpaired) electrons. The van der Waals surface area contributed by atoms with E-state index in [-0.39, 0.29) is 12.1 Å². The number of hydrogen-bond donors (Lipinski definition) is 1. The molecule has 0 bridgehead atoms. The third kappa shape index (κ3) is 4.71. The number of ether oxygens (including phenoxy) is 1. The van der Waals surface area contributed by atoms with Gasteiger partial charge in [-0.2, -0.15) is 15.0 Å². The summed E-state index contributed by atoms with van der Waals surface area (Å²) in [4.78, 5) is 15.7. The van der Waals surface area contributed by atoms with Crippen LogP contribution in [0.3, 0.4) is 0 Å². The topological polar surface area (TPSA) is 103 Å². The Kier molecular flexibility index (Phi) is 5.68. The van der Waals surface area contributed by atoms with Crippen molar-refractivity contribution in [3.63, 3.8) is 0 Å². The molecule has 152 valence electrons. The molecular weight excluding hydrogens is 372 g/mol. The van der Waals surface area contributed by atoms with Crippen LogP contribution in [0.5, 0.6) is 5.75 Å². The number of amides is 2. The standard InChI is InChI=1S/C19H24N8O2/c1-2-3-10-29-18-6-4-15(5-7-18)22-19(28)25-13-17(14-25)26-11-16(23-24-26)12-27-20-8-9-21-27/h4-9,11,17H,2-3,10,12-14H2,1H3,(H,22,28). The zero-order valence-electron chi connectivity index (χ0n) is 16.3. The fourth-order valence-corrected chi connectivity index (χ4v) is 2.99. The normalized spacial score (nSPS) is 13.9. The van der Waals surface area contributed by atoms with Gasteiger partial charge >= 0.3 is 6.03 Å². The zero-order chi connectivity index (χ0) is 20.1. The number of urea groups is 1. The number of nitrogens with one attached hydrogen (secondary N) is 1. The molecule has 1 aliphatic rings. The van der Waals surface area contributed by atoms with Gasteiger partial charge in [0.1, 0.15) is 18.0 Å². The Labute approximate surface area is 168 Å². The quantitative estimate of drug-likeness (QED) is 0.586. The minimum absolute atomic E-state index is 0.123. The maximum atomic E-state index is 12.4. The average molecular weight is 396 g/mol. The van der Waals surface area contributed by atoms with Crippen molar-refractivity contribution in [2.45, 2.75) is 32.4 Å². The van der Waals surface area contributed by atoms with Crippen LogP contribution in [0.25, 0.3) is 0 Å². The molecule has 0 aliphatic carbocycles. The van der Waals surface area contributed by atoms with E-state index in [4.69, 9.17) is 4.74 Å². The summed E-state index contributed by atoms with van der Waals surface area (Å²) in [5.74, 6) is 0.813. The second kappa shape index (κ2) is 8.72. The number of carbonyl (C=O) groups is 1. The maximum Gasteiger partial charge on any atom is 0.321 e. The monoisotopic (exact) mass is 396 g/mol. The Bertz CT molecular complexity index is 916. The molecule has 3 aromatic rings. The largest absolute Gasteiger partial charge is 0.494 e. The smallest absolute Gasteiger partial charge is 0.321 e. The van der Waals surface area contributed by atoms with Crippen molar-refractivity contribution in [1.82, 2.24) is 34.9 Å². The van der Waals surface area contributed by atoms with E-state index in [2.05, 4.69) is 32.7 Å². The highest BCUT2D eigenvalue weighted by molar-refractivity contribution is 5.89. The number of unbranched alkanes of at least 4 members (excludes halogenated alkanes) is 1. The van der Waals surface area contributed by atoms with E-state index in [0.29, 0.717) is 26.2 Å². The van der Waals surface area contributed by atoms with Crippen molar-refractivity contribution < 1.29 is 9.53 Å². The molecule has 0 spiro atoms. The van der Waals surface area contributed by atoms with Crippen LogP contribution in [-0.2, 0) is 6.54 Å². The van der Waals surface area contributed by atoms with Crippen molar-refractivity contribution in [2.24, 2.45) is 0 Å². The Morgan fingerprint density at radius 2 is 1.97 bits per heavy atom. The minimum atomic E-state index is -0.123. The van der Waals surface area contributed by atoms with Gasteiger partial charge in [-0.1, -0.05) is 18.6 Å². The number of hydrogen-bond acceptors (Lipinski definition) is 6. The molecule has 2 aromatic heterocycles. The number of carbonyl (C=O) groups excluding carboxylic acids is 1. The molecule has 29 heavy (non-hydrogen) atoms. The van der Waals surface area contributed by atoms with Crippen LogP contribution in [-0.4, -0.2) is 60.6 Å². The lowest BCUT2D eigenvalue weighted by atomic mass is 10.1. The Balaban J connectivity index is 1.23. The van der Waals surface area contributed by atoms with E-state index in [1.54, 1.807) is 26.8 Å². The van der Waals surface area contributed by atoms with Gasteiger partial charge in [-0.3, -0.25) is 0 Å². The van der Waals surface area contributed by atoms with Gasteiger partial charge in [-0.15, -0.1) is 5.10 Å². The summed E-state index contributed by atoms with van der Waals surface area (Å²) in [5.41, 5.74) is 1.53. The van der Waals surface area contributed by atoms with Crippen LogP contribution in [0.2, 0.25) is 0 Å². The summed E-state index contributed by atoms with van der Waals surface area (Å²) < 4.78 is 7.43.